The summed E-state index contributed by atoms with van der Waals surface area (Å²) in [6.07, 6.45) is 3.41. The van der Waals surface area contributed by atoms with E-state index in [9.17, 15) is 13.5 Å². The Bertz CT molecular complexity index is 588. The molecule has 2 N–H and O–H groups in total. The highest BCUT2D eigenvalue weighted by Crippen LogP contribution is 2.37. The van der Waals surface area contributed by atoms with Crippen molar-refractivity contribution >= 4 is 10.0 Å². The van der Waals surface area contributed by atoms with Crippen LogP contribution in [0.15, 0.2) is 17.2 Å². The topological polar surface area (TPSA) is 89.8 Å². The molecule has 0 amide bonds. The first-order chi connectivity index (χ1) is 10.1. The van der Waals surface area contributed by atoms with Crippen LogP contribution < -0.4 is 4.72 Å². The van der Waals surface area contributed by atoms with Crippen LogP contribution >= 0.6 is 0 Å². The second-order valence-electron chi connectivity index (χ2n) is 5.38. The van der Waals surface area contributed by atoms with E-state index in [1.165, 1.54) is 6.07 Å². The standard InChI is InChI=1S/C13H20N2O5S/c16-8-11-5-13(7-15(11)10-1-2-10)21(17,18)14-6-12-9-19-3-4-20-12/h5,7,10,12,14,16H,1-4,6,8-9H2. The van der Waals surface area contributed by atoms with Crippen LogP contribution in [0, 0.1) is 0 Å². The molecular formula is C13H20N2O5S. The first kappa shape index (κ1) is 15.0. The zero-order chi connectivity index (χ0) is 14.9. The molecular weight excluding hydrogens is 296 g/mol. The molecule has 8 heteroatoms. The number of hydrogen-bond acceptors (Lipinski definition) is 5. The second-order valence-corrected chi connectivity index (χ2v) is 7.15. The third-order valence-corrected chi connectivity index (χ3v) is 5.10. The van der Waals surface area contributed by atoms with E-state index < -0.39 is 10.0 Å². The Balaban J connectivity index is 1.68. The minimum atomic E-state index is -3.59. The van der Waals surface area contributed by atoms with Crippen LogP contribution in [-0.4, -0.2) is 50.6 Å². The van der Waals surface area contributed by atoms with Crippen LogP contribution in [0.1, 0.15) is 24.6 Å². The molecule has 2 aliphatic rings. The molecule has 1 saturated carbocycles. The Hall–Kier alpha value is -0.930. The van der Waals surface area contributed by atoms with Gasteiger partial charge in [-0.1, -0.05) is 0 Å². The molecule has 1 aliphatic carbocycles. The van der Waals surface area contributed by atoms with Crippen molar-refractivity contribution in [2.45, 2.75) is 36.5 Å². The summed E-state index contributed by atoms with van der Waals surface area (Å²) in [5, 5.41) is 9.34. The van der Waals surface area contributed by atoms with E-state index in [1.54, 1.807) is 6.20 Å². The summed E-state index contributed by atoms with van der Waals surface area (Å²) in [6, 6.07) is 1.85. The molecule has 0 bridgehead atoms. The van der Waals surface area contributed by atoms with Gasteiger partial charge in [-0.2, -0.15) is 0 Å². The fourth-order valence-electron chi connectivity index (χ4n) is 2.40. The minimum Gasteiger partial charge on any atom is -0.390 e. The van der Waals surface area contributed by atoms with E-state index in [0.29, 0.717) is 31.6 Å². The quantitative estimate of drug-likeness (QED) is 0.771. The average molecular weight is 316 g/mol. The van der Waals surface area contributed by atoms with Gasteiger partial charge in [-0.25, -0.2) is 13.1 Å². The Kier molecular flexibility index (Phi) is 4.32. The molecule has 2 fully saturated rings. The highest BCUT2D eigenvalue weighted by Gasteiger charge is 2.28. The number of nitrogens with zero attached hydrogens (tertiary/aromatic N) is 1. The van der Waals surface area contributed by atoms with Gasteiger partial charge >= 0.3 is 0 Å². The summed E-state index contributed by atoms with van der Waals surface area (Å²) in [5.41, 5.74) is 0.634. The lowest BCUT2D eigenvalue weighted by Crippen LogP contribution is -2.39. The van der Waals surface area contributed by atoms with E-state index in [0.717, 1.165) is 12.8 Å². The lowest BCUT2D eigenvalue weighted by molar-refractivity contribution is -0.0846. The summed E-state index contributed by atoms with van der Waals surface area (Å²) < 4.78 is 39.6. The van der Waals surface area contributed by atoms with Crippen molar-refractivity contribution in [1.82, 2.24) is 9.29 Å². The number of rotatable bonds is 6. The predicted molar refractivity (Wildman–Crippen MR) is 74.4 cm³/mol. The van der Waals surface area contributed by atoms with Crippen LogP contribution in [0.25, 0.3) is 0 Å². The Morgan fingerprint density at radius 1 is 1.38 bits per heavy atom. The van der Waals surface area contributed by atoms with E-state index >= 15 is 0 Å². The van der Waals surface area contributed by atoms with Crippen molar-refractivity contribution in [3.8, 4) is 0 Å². The third kappa shape index (κ3) is 3.46. The number of nitrogens with one attached hydrogen (secondary N) is 1. The van der Waals surface area contributed by atoms with Gasteiger partial charge in [-0.05, 0) is 18.9 Å². The number of ether oxygens (including phenoxy) is 2. The van der Waals surface area contributed by atoms with Crippen LogP contribution in [0.3, 0.4) is 0 Å². The van der Waals surface area contributed by atoms with Crippen molar-refractivity contribution in [2.75, 3.05) is 26.4 Å². The molecule has 0 radical (unpaired) electrons. The molecule has 7 nitrogen and oxygen atoms in total. The van der Waals surface area contributed by atoms with Gasteiger partial charge in [0.05, 0.1) is 37.4 Å². The normalized spacial score (nSPS) is 23.4. The number of aromatic nitrogens is 1. The summed E-state index contributed by atoms with van der Waals surface area (Å²) in [6.45, 7) is 1.46. The first-order valence-electron chi connectivity index (χ1n) is 7.11. The summed E-state index contributed by atoms with van der Waals surface area (Å²) in [7, 11) is -3.59. The second kappa shape index (κ2) is 6.05. The largest absolute Gasteiger partial charge is 0.390 e. The zero-order valence-electron chi connectivity index (χ0n) is 11.7. The van der Waals surface area contributed by atoms with Crippen LogP contribution in [0.5, 0.6) is 0 Å². The Labute approximate surface area is 123 Å². The Morgan fingerprint density at radius 2 is 2.19 bits per heavy atom. The molecule has 118 valence electrons. The lowest BCUT2D eigenvalue weighted by Gasteiger charge is -2.22. The van der Waals surface area contributed by atoms with Gasteiger partial charge in [0.1, 0.15) is 0 Å². The fraction of sp³-hybridized carbons (Fsp3) is 0.692. The van der Waals surface area contributed by atoms with Gasteiger partial charge in [0.2, 0.25) is 10.0 Å². The predicted octanol–water partition coefficient (Wildman–Crippen LogP) is 0.00900. The average Bonchev–Trinajstić information content (AvgIpc) is 3.24. The molecule has 1 saturated heterocycles. The van der Waals surface area contributed by atoms with Gasteiger partial charge in [0, 0.05) is 24.5 Å². The zero-order valence-corrected chi connectivity index (χ0v) is 12.5. The highest BCUT2D eigenvalue weighted by atomic mass is 32.2. The van der Waals surface area contributed by atoms with Crippen LogP contribution in [0.2, 0.25) is 0 Å². The number of aliphatic hydroxyl groups excluding tert-OH is 1. The maximum absolute atomic E-state index is 12.3. The van der Waals surface area contributed by atoms with E-state index in [1.807, 2.05) is 4.57 Å². The molecule has 21 heavy (non-hydrogen) atoms. The molecule has 2 heterocycles. The van der Waals surface area contributed by atoms with Crippen molar-refractivity contribution in [1.29, 1.82) is 0 Å². The first-order valence-corrected chi connectivity index (χ1v) is 8.59. The van der Waals surface area contributed by atoms with Crippen molar-refractivity contribution < 1.29 is 23.0 Å². The van der Waals surface area contributed by atoms with Gasteiger partial charge in [0.15, 0.2) is 0 Å². The van der Waals surface area contributed by atoms with Crippen molar-refractivity contribution in [2.24, 2.45) is 0 Å². The molecule has 3 rings (SSSR count). The highest BCUT2D eigenvalue weighted by molar-refractivity contribution is 7.89. The van der Waals surface area contributed by atoms with Crippen molar-refractivity contribution in [3.05, 3.63) is 18.0 Å². The third-order valence-electron chi connectivity index (χ3n) is 3.71. The summed E-state index contributed by atoms with van der Waals surface area (Å²) in [4.78, 5) is 0.190. The molecule has 1 unspecified atom stereocenters. The van der Waals surface area contributed by atoms with E-state index in [-0.39, 0.29) is 24.2 Å². The van der Waals surface area contributed by atoms with Gasteiger partial charge in [-0.3, -0.25) is 0 Å². The van der Waals surface area contributed by atoms with E-state index in [4.69, 9.17) is 9.47 Å². The molecule has 1 aromatic heterocycles. The number of aliphatic hydroxyl groups is 1. The molecule has 0 spiro atoms. The SMILES string of the molecule is O=S(=O)(NCC1COCCO1)c1cc(CO)n(C2CC2)c1. The molecule has 0 aromatic carbocycles. The van der Waals surface area contributed by atoms with Crippen molar-refractivity contribution in [3.63, 3.8) is 0 Å². The van der Waals surface area contributed by atoms with Crippen LogP contribution in [-0.2, 0) is 26.1 Å². The molecule has 1 aromatic rings. The monoisotopic (exact) mass is 316 g/mol. The van der Waals surface area contributed by atoms with Gasteiger partial charge < -0.3 is 19.1 Å². The maximum Gasteiger partial charge on any atom is 0.242 e. The molecule has 1 atom stereocenters. The minimum absolute atomic E-state index is 0.161. The Morgan fingerprint density at radius 3 is 2.81 bits per heavy atom. The summed E-state index contributed by atoms with van der Waals surface area (Å²) >= 11 is 0. The van der Waals surface area contributed by atoms with E-state index in [2.05, 4.69) is 4.72 Å². The maximum atomic E-state index is 12.3. The number of hydrogen-bond donors (Lipinski definition) is 2. The fourth-order valence-corrected chi connectivity index (χ4v) is 3.52. The molecule has 1 aliphatic heterocycles. The summed E-state index contributed by atoms with van der Waals surface area (Å²) in [5.74, 6) is 0. The van der Waals surface area contributed by atoms with Crippen LogP contribution in [0.4, 0.5) is 0 Å². The van der Waals surface area contributed by atoms with Gasteiger partial charge in [0.25, 0.3) is 0 Å². The smallest absolute Gasteiger partial charge is 0.242 e. The number of sulfonamides is 1. The van der Waals surface area contributed by atoms with Gasteiger partial charge in [-0.15, -0.1) is 0 Å². The lowest BCUT2D eigenvalue weighted by atomic mass is 10.3.